The molecule has 7 heteroatoms. The molecule has 0 aliphatic heterocycles. The Kier molecular flexibility index (Phi) is 3.43. The molecule has 0 bridgehead atoms. The van der Waals surface area contributed by atoms with Gasteiger partial charge in [-0.05, 0) is 12.1 Å². The number of aromatic carboxylic acids is 1. The summed E-state index contributed by atoms with van der Waals surface area (Å²) in [6.45, 7) is 0. The van der Waals surface area contributed by atoms with Crippen LogP contribution in [0.1, 0.15) is 15.9 Å². The Hall–Kier alpha value is -2.13. The lowest BCUT2D eigenvalue weighted by molar-refractivity contribution is -0.385. The quantitative estimate of drug-likeness (QED) is 0.643. The van der Waals surface area contributed by atoms with Gasteiger partial charge >= 0.3 is 5.97 Å². The van der Waals surface area contributed by atoms with E-state index in [4.69, 9.17) is 22.0 Å². The molecule has 0 aromatic heterocycles. The van der Waals surface area contributed by atoms with E-state index < -0.39 is 22.1 Å². The number of nitro groups is 1. The van der Waals surface area contributed by atoms with Gasteiger partial charge in [-0.15, -0.1) is 0 Å². The smallest absolute Gasteiger partial charge is 0.342 e. The summed E-state index contributed by atoms with van der Waals surface area (Å²) in [5, 5.41) is 28.0. The third-order valence-electron chi connectivity index (χ3n) is 1.84. The molecule has 0 radical (unpaired) electrons. The largest absolute Gasteiger partial charge is 0.477 e. The number of benzene rings is 1. The highest BCUT2D eigenvalue weighted by atomic mass is 35.5. The second kappa shape index (κ2) is 4.59. The van der Waals surface area contributed by atoms with Crippen LogP contribution in [0.5, 0.6) is 0 Å². The molecule has 0 atom stereocenters. The number of halogens is 1. The Labute approximate surface area is 94.8 Å². The Balaban J connectivity index is 3.55. The van der Waals surface area contributed by atoms with Crippen LogP contribution >= 0.6 is 11.6 Å². The summed E-state index contributed by atoms with van der Waals surface area (Å²) in [7, 11) is 0. The minimum atomic E-state index is -1.45. The molecule has 0 heterocycles. The van der Waals surface area contributed by atoms with Crippen LogP contribution in [0, 0.1) is 21.4 Å². The number of carboxylic acid groups (broad SMARTS) is 1. The fourth-order valence-electron chi connectivity index (χ4n) is 1.25. The molecule has 1 N–H and O–H groups in total. The van der Waals surface area contributed by atoms with E-state index in [9.17, 15) is 14.9 Å². The van der Waals surface area contributed by atoms with Gasteiger partial charge in [0, 0.05) is 10.6 Å². The maximum atomic E-state index is 10.8. The summed E-state index contributed by atoms with van der Waals surface area (Å²) in [5.41, 5.74) is -1.10. The highest BCUT2D eigenvalue weighted by Crippen LogP contribution is 2.28. The van der Waals surface area contributed by atoms with Crippen LogP contribution in [0.25, 0.3) is 0 Å². The molecule has 0 amide bonds. The molecule has 1 rings (SSSR count). The van der Waals surface area contributed by atoms with Crippen LogP contribution in [0.3, 0.4) is 0 Å². The zero-order valence-electron chi connectivity index (χ0n) is 7.81. The molecule has 1 aromatic carbocycles. The van der Waals surface area contributed by atoms with E-state index in [1.807, 2.05) is 0 Å². The first-order valence-electron chi connectivity index (χ1n) is 4.04. The van der Waals surface area contributed by atoms with Crippen molar-refractivity contribution in [3.05, 3.63) is 38.4 Å². The summed E-state index contributed by atoms with van der Waals surface area (Å²) in [6, 6.07) is 3.92. The average molecular weight is 241 g/mol. The van der Waals surface area contributed by atoms with E-state index in [-0.39, 0.29) is 17.0 Å². The van der Waals surface area contributed by atoms with Crippen molar-refractivity contribution in [3.8, 4) is 6.07 Å². The molecule has 0 aliphatic rings. The molecular weight excluding hydrogens is 236 g/mol. The Morgan fingerprint density at radius 3 is 2.69 bits per heavy atom. The van der Waals surface area contributed by atoms with Crippen molar-refractivity contribution in [1.29, 1.82) is 5.26 Å². The summed E-state index contributed by atoms with van der Waals surface area (Å²) in [5.74, 6) is -1.45. The lowest BCUT2D eigenvalue weighted by Gasteiger charge is -2.03. The minimum absolute atomic E-state index is 0.00241. The monoisotopic (exact) mass is 240 g/mol. The highest BCUT2D eigenvalue weighted by Gasteiger charge is 2.25. The van der Waals surface area contributed by atoms with Crippen molar-refractivity contribution in [2.24, 2.45) is 0 Å². The maximum Gasteiger partial charge on any atom is 0.342 e. The molecule has 6 nitrogen and oxygen atoms in total. The fourth-order valence-corrected chi connectivity index (χ4v) is 1.50. The molecule has 0 aliphatic carbocycles. The first-order chi connectivity index (χ1) is 7.47. The van der Waals surface area contributed by atoms with Crippen LogP contribution in [-0.4, -0.2) is 16.0 Å². The number of hydrogen-bond donors (Lipinski definition) is 1. The molecular formula is C9H5ClN2O4. The topological polar surface area (TPSA) is 104 Å². The predicted molar refractivity (Wildman–Crippen MR) is 54.4 cm³/mol. The SMILES string of the molecule is N#CCc1cc(Cl)cc(C(=O)O)c1[N+](=O)[O-]. The van der Waals surface area contributed by atoms with E-state index in [1.165, 1.54) is 6.07 Å². The van der Waals surface area contributed by atoms with Gasteiger partial charge in [-0.3, -0.25) is 10.1 Å². The molecule has 0 spiro atoms. The summed E-state index contributed by atoms with van der Waals surface area (Å²) < 4.78 is 0. The van der Waals surface area contributed by atoms with Gasteiger partial charge in [0.15, 0.2) is 0 Å². The van der Waals surface area contributed by atoms with Gasteiger partial charge in [-0.2, -0.15) is 5.26 Å². The number of carboxylic acids is 1. The molecule has 0 saturated heterocycles. The van der Waals surface area contributed by atoms with E-state index in [2.05, 4.69) is 0 Å². The lowest BCUT2D eigenvalue weighted by atomic mass is 10.1. The number of carbonyl (C=O) groups is 1. The summed E-state index contributed by atoms with van der Waals surface area (Å²) >= 11 is 5.61. The van der Waals surface area contributed by atoms with Crippen LogP contribution < -0.4 is 0 Å². The Bertz CT molecular complexity index is 507. The second-order valence-corrected chi connectivity index (χ2v) is 3.29. The number of rotatable bonds is 3. The number of nitrogens with zero attached hydrogens (tertiary/aromatic N) is 2. The van der Waals surface area contributed by atoms with Gasteiger partial charge < -0.3 is 5.11 Å². The molecule has 16 heavy (non-hydrogen) atoms. The van der Waals surface area contributed by atoms with E-state index in [0.29, 0.717) is 0 Å². The third kappa shape index (κ3) is 2.27. The summed E-state index contributed by atoms with van der Waals surface area (Å²) in [6.07, 6.45) is -0.267. The van der Waals surface area contributed by atoms with Crippen molar-refractivity contribution in [2.45, 2.75) is 6.42 Å². The first kappa shape index (κ1) is 11.9. The van der Waals surface area contributed by atoms with Crippen molar-refractivity contribution in [3.63, 3.8) is 0 Å². The minimum Gasteiger partial charge on any atom is -0.477 e. The first-order valence-corrected chi connectivity index (χ1v) is 4.42. The van der Waals surface area contributed by atoms with Gasteiger partial charge in [-0.1, -0.05) is 11.6 Å². The summed E-state index contributed by atoms with van der Waals surface area (Å²) in [4.78, 5) is 20.7. The van der Waals surface area contributed by atoms with Gasteiger partial charge in [0.05, 0.1) is 17.4 Å². The van der Waals surface area contributed by atoms with E-state index in [1.54, 1.807) is 6.07 Å². The molecule has 0 fully saturated rings. The zero-order valence-corrected chi connectivity index (χ0v) is 8.56. The van der Waals surface area contributed by atoms with Crippen LogP contribution in [0.15, 0.2) is 12.1 Å². The fraction of sp³-hybridized carbons (Fsp3) is 0.111. The molecule has 0 saturated carbocycles. The number of nitriles is 1. The van der Waals surface area contributed by atoms with Crippen molar-refractivity contribution >= 4 is 23.3 Å². The Morgan fingerprint density at radius 1 is 1.62 bits per heavy atom. The predicted octanol–water partition coefficient (Wildman–Crippen LogP) is 2.01. The zero-order chi connectivity index (χ0) is 12.3. The van der Waals surface area contributed by atoms with Crippen molar-refractivity contribution in [1.82, 2.24) is 0 Å². The van der Waals surface area contributed by atoms with Gasteiger partial charge in [-0.25, -0.2) is 4.79 Å². The van der Waals surface area contributed by atoms with Crippen LogP contribution in [0.2, 0.25) is 5.02 Å². The van der Waals surface area contributed by atoms with Crippen molar-refractivity contribution in [2.75, 3.05) is 0 Å². The van der Waals surface area contributed by atoms with Crippen LogP contribution in [0.4, 0.5) is 5.69 Å². The third-order valence-corrected chi connectivity index (χ3v) is 2.05. The van der Waals surface area contributed by atoms with Gasteiger partial charge in [0.2, 0.25) is 0 Å². The second-order valence-electron chi connectivity index (χ2n) is 2.86. The number of hydrogen-bond acceptors (Lipinski definition) is 4. The van der Waals surface area contributed by atoms with Gasteiger partial charge in [0.25, 0.3) is 5.69 Å². The van der Waals surface area contributed by atoms with E-state index in [0.717, 1.165) is 6.07 Å². The maximum absolute atomic E-state index is 10.8. The molecule has 1 aromatic rings. The normalized spacial score (nSPS) is 9.50. The highest BCUT2D eigenvalue weighted by molar-refractivity contribution is 6.31. The lowest BCUT2D eigenvalue weighted by Crippen LogP contribution is -2.05. The standard InChI is InChI=1S/C9H5ClN2O4/c10-6-3-5(1-2-11)8(12(15)16)7(4-6)9(13)14/h3-4H,1H2,(H,13,14). The molecule has 82 valence electrons. The average Bonchev–Trinajstić information content (AvgIpc) is 2.16. The molecule has 0 unspecified atom stereocenters. The van der Waals surface area contributed by atoms with Gasteiger partial charge in [0.1, 0.15) is 5.56 Å². The van der Waals surface area contributed by atoms with Crippen LogP contribution in [-0.2, 0) is 6.42 Å². The Morgan fingerprint density at radius 2 is 2.25 bits per heavy atom. The van der Waals surface area contributed by atoms with E-state index >= 15 is 0 Å². The van der Waals surface area contributed by atoms with Crippen molar-refractivity contribution < 1.29 is 14.8 Å². The number of nitro benzene ring substituents is 1.